The second-order valence-corrected chi connectivity index (χ2v) is 3.75. The number of nitrogens with one attached hydrogen (secondary N) is 1. The Bertz CT molecular complexity index is 257. The summed E-state index contributed by atoms with van der Waals surface area (Å²) in [6, 6.07) is 0. The fourth-order valence-electron chi connectivity index (χ4n) is 1.77. The Morgan fingerprint density at radius 2 is 2.43 bits per heavy atom. The zero-order valence-electron chi connectivity index (χ0n) is 8.45. The Hall–Kier alpha value is -0.870. The molecule has 0 aromatic rings. The number of carbonyl (C=O) groups excluding carboxylic acids is 1. The summed E-state index contributed by atoms with van der Waals surface area (Å²) < 4.78 is 5.13. The summed E-state index contributed by atoms with van der Waals surface area (Å²) in [5, 5.41) is 3.19. The first kappa shape index (κ1) is 9.68. The van der Waals surface area contributed by atoms with Crippen molar-refractivity contribution in [2.24, 2.45) is 0 Å². The summed E-state index contributed by atoms with van der Waals surface area (Å²) in [7, 11) is 1.69. The molecule has 2 aliphatic rings. The van der Waals surface area contributed by atoms with Crippen molar-refractivity contribution < 1.29 is 9.53 Å². The van der Waals surface area contributed by atoms with Crippen LogP contribution in [0.3, 0.4) is 0 Å². The Balaban J connectivity index is 1.87. The third kappa shape index (κ3) is 1.81. The van der Waals surface area contributed by atoms with Gasteiger partial charge in [-0.15, -0.1) is 0 Å². The van der Waals surface area contributed by atoms with Gasteiger partial charge in [0.2, 0.25) is 5.91 Å². The van der Waals surface area contributed by atoms with Crippen molar-refractivity contribution in [1.29, 1.82) is 0 Å². The maximum Gasteiger partial charge on any atom is 0.249 e. The van der Waals surface area contributed by atoms with E-state index in [1.165, 1.54) is 0 Å². The Kier molecular flexibility index (Phi) is 2.84. The summed E-state index contributed by atoms with van der Waals surface area (Å²) in [6.07, 6.45) is 3.10. The Labute approximate surface area is 83.9 Å². The summed E-state index contributed by atoms with van der Waals surface area (Å²) in [5.41, 5.74) is 0.957. The Morgan fingerprint density at radius 3 is 3.00 bits per heavy atom. The van der Waals surface area contributed by atoms with Crippen LogP contribution in [0.2, 0.25) is 0 Å². The highest BCUT2D eigenvalue weighted by Crippen LogP contribution is 2.16. The lowest BCUT2D eigenvalue weighted by Crippen LogP contribution is -2.55. The van der Waals surface area contributed by atoms with Crippen molar-refractivity contribution in [1.82, 2.24) is 10.2 Å². The third-order valence-electron chi connectivity index (χ3n) is 2.81. The third-order valence-corrected chi connectivity index (χ3v) is 2.81. The summed E-state index contributed by atoms with van der Waals surface area (Å²) >= 11 is 0. The summed E-state index contributed by atoms with van der Waals surface area (Å²) in [6.45, 7) is 3.24. The molecule has 0 saturated carbocycles. The smallest absolute Gasteiger partial charge is 0.249 e. The molecule has 0 radical (unpaired) electrons. The number of methoxy groups -OCH3 is 1. The summed E-state index contributed by atoms with van der Waals surface area (Å²) in [5.74, 6) is 0.194. The van der Waals surface area contributed by atoms with Gasteiger partial charge in [-0.2, -0.15) is 0 Å². The van der Waals surface area contributed by atoms with Crippen LogP contribution >= 0.6 is 0 Å². The molecular weight excluding hydrogens is 180 g/mol. The lowest BCUT2D eigenvalue weighted by Gasteiger charge is -2.38. The van der Waals surface area contributed by atoms with Crippen LogP contribution in [-0.2, 0) is 9.53 Å². The number of rotatable bonds is 2. The van der Waals surface area contributed by atoms with E-state index in [1.807, 2.05) is 11.0 Å². The molecule has 0 aliphatic carbocycles. The quantitative estimate of drug-likeness (QED) is 0.663. The lowest BCUT2D eigenvalue weighted by molar-refractivity contribution is -0.138. The van der Waals surface area contributed by atoms with E-state index < -0.39 is 0 Å². The van der Waals surface area contributed by atoms with Crippen LogP contribution in [-0.4, -0.2) is 50.2 Å². The van der Waals surface area contributed by atoms with Gasteiger partial charge in [0.05, 0.1) is 6.10 Å². The lowest BCUT2D eigenvalue weighted by atomic mass is 10.0. The van der Waals surface area contributed by atoms with Gasteiger partial charge in [0, 0.05) is 32.3 Å². The van der Waals surface area contributed by atoms with Crippen LogP contribution < -0.4 is 5.32 Å². The highest BCUT2D eigenvalue weighted by Gasteiger charge is 2.31. The zero-order chi connectivity index (χ0) is 9.97. The second-order valence-electron chi connectivity index (χ2n) is 3.75. The van der Waals surface area contributed by atoms with Crippen LogP contribution in [0.5, 0.6) is 0 Å². The molecule has 2 rings (SSSR count). The maximum absolute atomic E-state index is 11.8. The minimum absolute atomic E-state index is 0.194. The standard InChI is InChI=1S/C10H16N2O2/c1-14-9-6-12(7-9)10(13)8-2-4-11-5-3-8/h2,9,11H,3-7H2,1H3. The molecule has 1 saturated heterocycles. The van der Waals surface area contributed by atoms with Gasteiger partial charge in [-0.25, -0.2) is 0 Å². The molecule has 0 spiro atoms. The molecule has 0 aromatic carbocycles. The van der Waals surface area contributed by atoms with Crippen LogP contribution in [0.15, 0.2) is 11.6 Å². The van der Waals surface area contributed by atoms with E-state index in [9.17, 15) is 4.79 Å². The van der Waals surface area contributed by atoms with Crippen LogP contribution in [0.1, 0.15) is 6.42 Å². The maximum atomic E-state index is 11.8. The number of amides is 1. The molecule has 1 N–H and O–H groups in total. The van der Waals surface area contributed by atoms with Crippen molar-refractivity contribution in [3.8, 4) is 0 Å². The van der Waals surface area contributed by atoms with Crippen LogP contribution in [0.25, 0.3) is 0 Å². The number of hydrogen-bond acceptors (Lipinski definition) is 3. The van der Waals surface area contributed by atoms with Gasteiger partial charge in [0.15, 0.2) is 0 Å². The molecule has 0 aromatic heterocycles. The molecule has 0 bridgehead atoms. The average Bonchev–Trinajstić information content (AvgIpc) is 2.17. The van der Waals surface area contributed by atoms with E-state index in [-0.39, 0.29) is 12.0 Å². The molecule has 0 unspecified atom stereocenters. The van der Waals surface area contributed by atoms with Gasteiger partial charge >= 0.3 is 0 Å². The van der Waals surface area contributed by atoms with Gasteiger partial charge in [0.1, 0.15) is 0 Å². The van der Waals surface area contributed by atoms with E-state index in [0.29, 0.717) is 0 Å². The van der Waals surface area contributed by atoms with Gasteiger partial charge in [-0.05, 0) is 13.0 Å². The average molecular weight is 196 g/mol. The molecular formula is C10H16N2O2. The van der Waals surface area contributed by atoms with Crippen molar-refractivity contribution in [3.05, 3.63) is 11.6 Å². The van der Waals surface area contributed by atoms with Gasteiger partial charge in [-0.3, -0.25) is 4.79 Å². The van der Waals surface area contributed by atoms with E-state index in [2.05, 4.69) is 5.32 Å². The topological polar surface area (TPSA) is 41.6 Å². The van der Waals surface area contributed by atoms with Crippen molar-refractivity contribution >= 4 is 5.91 Å². The summed E-state index contributed by atoms with van der Waals surface area (Å²) in [4.78, 5) is 13.7. The molecule has 78 valence electrons. The largest absolute Gasteiger partial charge is 0.378 e. The molecule has 4 nitrogen and oxygen atoms in total. The minimum atomic E-state index is 0.194. The normalized spacial score (nSPS) is 22.9. The zero-order valence-corrected chi connectivity index (χ0v) is 8.45. The molecule has 2 heterocycles. The molecule has 1 amide bonds. The van der Waals surface area contributed by atoms with Gasteiger partial charge in [-0.1, -0.05) is 6.08 Å². The molecule has 0 atom stereocenters. The minimum Gasteiger partial charge on any atom is -0.378 e. The van der Waals surface area contributed by atoms with Gasteiger partial charge in [0.25, 0.3) is 0 Å². The van der Waals surface area contributed by atoms with Crippen LogP contribution in [0, 0.1) is 0 Å². The predicted octanol–water partition coefficient (Wildman–Crippen LogP) is -0.237. The van der Waals surface area contributed by atoms with Crippen molar-refractivity contribution in [2.45, 2.75) is 12.5 Å². The molecule has 14 heavy (non-hydrogen) atoms. The molecule has 1 fully saturated rings. The number of likely N-dealkylation sites (tertiary alicyclic amines) is 1. The van der Waals surface area contributed by atoms with E-state index in [0.717, 1.165) is 38.2 Å². The SMILES string of the molecule is COC1CN(C(=O)C2=CCNCC2)C1. The fourth-order valence-corrected chi connectivity index (χ4v) is 1.77. The predicted molar refractivity (Wildman–Crippen MR) is 52.9 cm³/mol. The van der Waals surface area contributed by atoms with Crippen molar-refractivity contribution in [3.63, 3.8) is 0 Å². The number of hydrogen-bond donors (Lipinski definition) is 1. The van der Waals surface area contributed by atoms with E-state index in [4.69, 9.17) is 4.74 Å². The first-order chi connectivity index (χ1) is 6.81. The van der Waals surface area contributed by atoms with Crippen molar-refractivity contribution in [2.75, 3.05) is 33.3 Å². The fraction of sp³-hybridized carbons (Fsp3) is 0.700. The first-order valence-corrected chi connectivity index (χ1v) is 5.03. The highest BCUT2D eigenvalue weighted by atomic mass is 16.5. The number of carbonyl (C=O) groups is 1. The monoisotopic (exact) mass is 196 g/mol. The molecule has 2 aliphatic heterocycles. The van der Waals surface area contributed by atoms with Gasteiger partial charge < -0.3 is 15.0 Å². The second kappa shape index (κ2) is 4.11. The van der Waals surface area contributed by atoms with Crippen LogP contribution in [0.4, 0.5) is 0 Å². The van der Waals surface area contributed by atoms with E-state index in [1.54, 1.807) is 7.11 Å². The van der Waals surface area contributed by atoms with E-state index >= 15 is 0 Å². The molecule has 4 heteroatoms. The Morgan fingerprint density at radius 1 is 1.64 bits per heavy atom. The first-order valence-electron chi connectivity index (χ1n) is 5.03. The highest BCUT2D eigenvalue weighted by molar-refractivity contribution is 5.94. The number of nitrogens with zero attached hydrogens (tertiary/aromatic N) is 1. The number of ether oxygens (including phenoxy) is 1.